The van der Waals surface area contributed by atoms with Crippen LogP contribution < -0.4 is 11.1 Å². The minimum atomic E-state index is -0.907. The van der Waals surface area contributed by atoms with E-state index in [1.807, 2.05) is 320 Å². The first kappa shape index (κ1) is 98.6. The number of nitrogens with two attached hydrogens (primary N) is 1. The van der Waals surface area contributed by atoms with Gasteiger partial charge in [-0.1, -0.05) is 239 Å². The second-order valence-electron chi connectivity index (χ2n) is 31.1. The number of rotatable bonds is 25. The summed E-state index contributed by atoms with van der Waals surface area (Å²) in [6.45, 7) is 20.2. The molecule has 0 saturated carbocycles. The summed E-state index contributed by atoms with van der Waals surface area (Å²) in [6.07, 6.45) is 1.76. The Morgan fingerprint density at radius 2 is 0.512 bits per heavy atom. The summed E-state index contributed by atoms with van der Waals surface area (Å²) >= 11 is 3.40. The predicted octanol–water partition coefficient (Wildman–Crippen LogP) is 18.1. The quantitative estimate of drug-likeness (QED) is 0.0306. The van der Waals surface area contributed by atoms with E-state index in [0.29, 0.717) is 87.9 Å². The van der Waals surface area contributed by atoms with Crippen LogP contribution in [0.2, 0.25) is 0 Å². The molecule has 0 fully saturated rings. The van der Waals surface area contributed by atoms with Gasteiger partial charge in [0.2, 0.25) is 46.4 Å². The molecule has 0 spiro atoms. The molecular formula is C105H114BrN9O12. The number of carboxylic acid groups (broad SMARTS) is 1. The highest BCUT2D eigenvalue weighted by Crippen LogP contribution is 2.23. The highest BCUT2D eigenvalue weighted by Gasteiger charge is 2.22. The molecule has 14 rings (SSSR count). The van der Waals surface area contributed by atoms with Crippen molar-refractivity contribution in [3.63, 3.8) is 0 Å². The normalized spacial score (nSPS) is 10.5. The maximum atomic E-state index is 12.4. The van der Waals surface area contributed by atoms with Gasteiger partial charge in [0.15, 0.2) is 0 Å². The number of Topliss-reactive ketones (excluding diaryl/α,β-unsaturated/α-hetero) is 1. The van der Waals surface area contributed by atoms with E-state index in [-0.39, 0.29) is 65.2 Å². The highest BCUT2D eigenvalue weighted by molar-refractivity contribution is 9.08. The molecule has 0 bridgehead atoms. The van der Waals surface area contributed by atoms with Crippen molar-refractivity contribution in [2.75, 3.05) is 0 Å². The second-order valence-corrected chi connectivity index (χ2v) is 31.7. The number of nitrogens with zero attached hydrogens (tertiary/aromatic N) is 7. The Hall–Kier alpha value is -13.8. The number of carbonyl (C=O) groups excluding carboxylic acids is 9. The number of carboxylic acids is 1. The zero-order valence-corrected chi connectivity index (χ0v) is 77.1. The van der Waals surface area contributed by atoms with E-state index in [9.17, 15) is 47.9 Å². The van der Waals surface area contributed by atoms with Gasteiger partial charge in [-0.3, -0.25) is 47.9 Å². The molecule has 7 aromatic heterocycles. The van der Waals surface area contributed by atoms with Crippen LogP contribution in [0.25, 0.3) is 0 Å². The van der Waals surface area contributed by atoms with Crippen LogP contribution in [-0.4, -0.2) is 100 Å². The van der Waals surface area contributed by atoms with Gasteiger partial charge in [-0.25, -0.2) is 0 Å². The summed E-state index contributed by atoms with van der Waals surface area (Å²) in [7, 11) is 12.9. The fourth-order valence-electron chi connectivity index (χ4n) is 13.5. The summed E-state index contributed by atoms with van der Waals surface area (Å²) in [6, 6.07) is 78.4. The van der Waals surface area contributed by atoms with Crippen LogP contribution in [0.4, 0.5) is 0 Å². The second kappa shape index (κ2) is 46.8. The summed E-state index contributed by atoms with van der Waals surface area (Å²) in [5, 5.41) is 21.4. The molecule has 14 aromatic rings. The molecule has 658 valence electrons. The zero-order valence-electron chi connectivity index (χ0n) is 75.5. The van der Waals surface area contributed by atoms with Gasteiger partial charge in [0, 0.05) is 160 Å². The van der Waals surface area contributed by atoms with Gasteiger partial charge < -0.3 is 53.2 Å². The number of halogens is 1. The number of aliphatic hydroxyl groups is 1. The van der Waals surface area contributed by atoms with Gasteiger partial charge >= 0.3 is 5.97 Å². The van der Waals surface area contributed by atoms with Crippen molar-refractivity contribution in [3.05, 3.63) is 412 Å². The maximum Gasteiger partial charge on any atom is 0.309 e. The van der Waals surface area contributed by atoms with E-state index < -0.39 is 5.97 Å². The number of aryl methyl sites for hydroxylation is 8. The first-order valence-corrected chi connectivity index (χ1v) is 42.8. The molecule has 0 atom stereocenters. The molecule has 0 aliphatic heterocycles. The molecule has 0 radical (unpaired) electrons. The summed E-state index contributed by atoms with van der Waals surface area (Å²) < 4.78 is 12.7. The number of benzene rings is 7. The van der Waals surface area contributed by atoms with Gasteiger partial charge in [-0.2, -0.15) is 0 Å². The Balaban J connectivity index is 0.000000183. The number of nitrogens with one attached hydrogen (secondary N) is 1. The Morgan fingerprint density at radius 3 is 0.724 bits per heavy atom. The number of aliphatic carboxylic acids is 1. The first-order chi connectivity index (χ1) is 60.5. The molecule has 0 aliphatic carbocycles. The largest absolute Gasteiger partial charge is 0.481 e. The number of alkyl halides is 1. The van der Waals surface area contributed by atoms with Crippen molar-refractivity contribution in [2.45, 2.75) is 120 Å². The van der Waals surface area contributed by atoms with Crippen LogP contribution in [0.5, 0.6) is 0 Å². The molecule has 5 N–H and O–H groups in total. The predicted molar refractivity (Wildman–Crippen MR) is 504 cm³/mol. The van der Waals surface area contributed by atoms with Crippen molar-refractivity contribution < 1.29 is 58.2 Å². The van der Waals surface area contributed by atoms with E-state index in [2.05, 4.69) is 28.2 Å². The third-order valence-corrected chi connectivity index (χ3v) is 22.5. The molecule has 7 heterocycles. The molecule has 22 heteroatoms. The van der Waals surface area contributed by atoms with Crippen molar-refractivity contribution in [2.24, 2.45) is 55.1 Å². The van der Waals surface area contributed by atoms with Crippen molar-refractivity contribution in [1.29, 1.82) is 0 Å². The van der Waals surface area contributed by atoms with Crippen LogP contribution in [0.1, 0.15) is 218 Å². The zero-order chi connectivity index (χ0) is 93.0. The molecule has 0 saturated heterocycles. The van der Waals surface area contributed by atoms with E-state index in [4.69, 9.17) is 15.9 Å². The van der Waals surface area contributed by atoms with Gasteiger partial charge in [0.1, 0.15) is 5.78 Å². The number of carbonyl (C=O) groups is 10. The minimum Gasteiger partial charge on any atom is -0.481 e. The standard InChI is InChI=1S/C17H19NO2.C16H18N2O2.C15H15NO3.C15H17NO.C14H14BrNO.C14H16N2O.C14H15NO2/c1-4-15(19)11-14-9-10-16(18(14)3)17(20)13-7-5-12(2)6-8-13;1-11-4-6-13(7-5-11)16(20)15-9-8-14(18(15)3)10-17-12(2)19;1-10-3-5-11(6-4-10)15(19)13-8-7-12(16(13)2)9-14(17)18;1-4-13-9-10-14(16(13)3)15(17)12-7-5-11(2)6-8-12;2*1-10-3-5-11(6-4-10)14(17)13-8-7-12(9-15)16(13)2;1-10-3-5-11(6-4-10)14(17)13-8-7-12(9-16)15(13)2/h5-10H,4,11H2,1-3H3;4-9H,10H2,1-3H3,(H,17,19);3-8H,9H2,1-2H3,(H,17,18);5-10H,4H2,1-3H3;3-8H,9H2,1-2H3;3-8H,9,15H2,1-2H3;3-8,16H,9H2,1-2H3. The van der Waals surface area contributed by atoms with E-state index in [0.717, 1.165) is 96.1 Å². The highest BCUT2D eigenvalue weighted by atomic mass is 79.9. The maximum absolute atomic E-state index is 12.4. The number of amides is 1. The lowest BCUT2D eigenvalue weighted by atomic mass is 10.1. The average Bonchev–Trinajstić information content (AvgIpc) is 1.64. The molecule has 1 amide bonds. The minimum absolute atomic E-state index is 0.0114. The molecular weight excluding hydrogens is 1660 g/mol. The van der Waals surface area contributed by atoms with E-state index >= 15 is 0 Å². The fraction of sp³-hybridized carbons (Fsp3) is 0.238. The lowest BCUT2D eigenvalue weighted by Crippen LogP contribution is -2.21. The Morgan fingerprint density at radius 1 is 0.299 bits per heavy atom. The van der Waals surface area contributed by atoms with E-state index in [1.54, 1.807) is 71.8 Å². The fourth-order valence-corrected chi connectivity index (χ4v) is 14.1. The molecule has 21 nitrogen and oxygen atoms in total. The lowest BCUT2D eigenvalue weighted by Gasteiger charge is -2.08. The topological polar surface area (TPSA) is 284 Å². The summed E-state index contributed by atoms with van der Waals surface area (Å²) in [5.41, 5.74) is 29.2. The van der Waals surface area contributed by atoms with Crippen molar-refractivity contribution in [1.82, 2.24) is 37.3 Å². The van der Waals surface area contributed by atoms with Crippen LogP contribution >= 0.6 is 15.9 Å². The monoisotopic (exact) mass is 1770 g/mol. The van der Waals surface area contributed by atoms with Crippen molar-refractivity contribution >= 4 is 74.1 Å². The summed E-state index contributed by atoms with van der Waals surface area (Å²) in [5.74, 6) is -0.761. The number of hydrogen-bond acceptors (Lipinski definition) is 12. The van der Waals surface area contributed by atoms with Crippen LogP contribution in [0.15, 0.2) is 255 Å². The lowest BCUT2D eigenvalue weighted by molar-refractivity contribution is -0.136. The molecule has 127 heavy (non-hydrogen) atoms. The van der Waals surface area contributed by atoms with E-state index in [1.165, 1.54) is 18.2 Å². The SMILES string of the molecule is CC(=O)NCc1ccc(C(=O)c2ccc(C)cc2)n1C.CCC(=O)Cc1ccc(C(=O)c2ccc(C)cc2)n1C.CCc1ccc(C(=O)c2ccc(C)cc2)n1C.Cc1ccc(C(=O)c2ccc(CBr)n2C)cc1.Cc1ccc(C(=O)c2ccc(CC(=O)O)n2C)cc1.Cc1ccc(C(=O)c2ccc(CN)n2C)cc1.Cc1ccc(C(=O)c2ccc(CO)n2C)cc1. The van der Waals surface area contributed by atoms with Crippen LogP contribution in [0, 0.1) is 48.5 Å². The number of aromatic nitrogens is 7. The smallest absolute Gasteiger partial charge is 0.309 e. The third-order valence-electron chi connectivity index (χ3n) is 21.9. The Labute approximate surface area is 752 Å². The number of aliphatic hydroxyl groups excluding tert-OH is 1. The van der Waals surface area contributed by atoms with Crippen molar-refractivity contribution in [3.8, 4) is 0 Å². The van der Waals surface area contributed by atoms with Gasteiger partial charge in [-0.15, -0.1) is 0 Å². The van der Waals surface area contributed by atoms with Gasteiger partial charge in [0.05, 0.1) is 59.4 Å². The average molecular weight is 1770 g/mol. The van der Waals surface area contributed by atoms with Crippen LogP contribution in [0.3, 0.4) is 0 Å². The molecule has 0 unspecified atom stereocenters. The van der Waals surface area contributed by atoms with Crippen LogP contribution in [-0.2, 0) is 108 Å². The summed E-state index contributed by atoms with van der Waals surface area (Å²) in [4.78, 5) is 119. The first-order valence-electron chi connectivity index (χ1n) is 41.7. The Kier molecular flexibility index (Phi) is 36.3. The molecule has 7 aromatic carbocycles. The Bertz CT molecular complexity index is 5760. The number of hydrogen-bond donors (Lipinski definition) is 4. The number of ketones is 8. The molecule has 0 aliphatic rings. The van der Waals surface area contributed by atoms with Gasteiger partial charge in [0.25, 0.3) is 0 Å². The third kappa shape index (κ3) is 26.6. The van der Waals surface area contributed by atoms with Gasteiger partial charge in [-0.05, 0) is 140 Å².